The molecule has 1 aromatic heterocycles. The number of rotatable bonds is 8. The summed E-state index contributed by atoms with van der Waals surface area (Å²) in [7, 11) is -13.2. The van der Waals surface area contributed by atoms with E-state index in [1.54, 1.807) is 6.92 Å². The molecule has 17 heteroatoms. The Hall–Kier alpha value is -1.42. The summed E-state index contributed by atoms with van der Waals surface area (Å²) >= 11 is 0. The zero-order valence-electron chi connectivity index (χ0n) is 31.0. The maximum atomic E-state index is 13.5. The highest BCUT2D eigenvalue weighted by molar-refractivity contribution is 7.90. The highest BCUT2D eigenvalue weighted by Crippen LogP contribution is 2.55. The summed E-state index contributed by atoms with van der Waals surface area (Å²) in [6.45, 7) is 28.5. The summed E-state index contributed by atoms with van der Waals surface area (Å²) < 4.78 is 69.3. The van der Waals surface area contributed by atoms with Crippen LogP contribution in [0.5, 0.6) is 0 Å². The van der Waals surface area contributed by atoms with Crippen LogP contribution in [0.2, 0.25) is 40.3 Å². The minimum absolute atomic E-state index is 0.0129. The van der Waals surface area contributed by atoms with Crippen LogP contribution in [0.25, 0.3) is 0 Å². The van der Waals surface area contributed by atoms with Crippen LogP contribution in [-0.4, -0.2) is 73.9 Å². The van der Waals surface area contributed by atoms with Gasteiger partial charge < -0.3 is 27.9 Å². The van der Waals surface area contributed by atoms with Crippen LogP contribution < -0.4 is 17.0 Å². The lowest BCUT2D eigenvalue weighted by Crippen LogP contribution is -2.62. The van der Waals surface area contributed by atoms with Gasteiger partial charge in [0.15, 0.2) is 20.1 Å². The zero-order chi connectivity index (χ0) is 36.6. The quantitative estimate of drug-likeness (QED) is 0.271. The predicted molar refractivity (Wildman–Crippen MR) is 191 cm³/mol. The first kappa shape index (κ1) is 39.4. The molecule has 4 heterocycles. The van der Waals surface area contributed by atoms with Crippen molar-refractivity contribution in [3.8, 4) is 0 Å². The Morgan fingerprint density at radius 3 is 2.02 bits per heavy atom. The number of nitrogens with one attached hydrogen (secondary N) is 1. The number of aryl methyl sites for hydroxylation is 1. The SMILES string of the molecule is Cc1cn([C@@H]2OC(C3CO[Si](C(C)C)(C(C)C)O[Si](C(C)C)(C(C)C)O3)C3(OS(=O)(=O)C=C3N)[C@H]2O[Si](C)(C)C(C)(C)C)c(=O)[nH]c1=O. The van der Waals surface area contributed by atoms with Crippen molar-refractivity contribution in [2.24, 2.45) is 5.73 Å². The number of hydrogen-bond donors (Lipinski definition) is 2. The molecule has 1 spiro atoms. The lowest BCUT2D eigenvalue weighted by Gasteiger charge is -2.46. The van der Waals surface area contributed by atoms with Crippen molar-refractivity contribution in [3.63, 3.8) is 0 Å². The third-order valence-corrected chi connectivity index (χ3v) is 26.5. The summed E-state index contributed by atoms with van der Waals surface area (Å²) in [6.07, 6.45) is -3.26. The van der Waals surface area contributed by atoms with Gasteiger partial charge in [0.05, 0.1) is 23.8 Å². The fourth-order valence-electron chi connectivity index (χ4n) is 6.97. The van der Waals surface area contributed by atoms with E-state index in [1.807, 2.05) is 33.9 Å². The van der Waals surface area contributed by atoms with Crippen LogP contribution in [0.15, 0.2) is 26.9 Å². The number of hydrogen-bond acceptors (Lipinski definition) is 11. The number of ether oxygens (including phenoxy) is 1. The summed E-state index contributed by atoms with van der Waals surface area (Å²) in [6, 6.07) is 0. The minimum Gasteiger partial charge on any atom is -0.414 e. The Balaban J connectivity index is 2.03. The second kappa shape index (κ2) is 13.0. The average Bonchev–Trinajstić information content (AvgIpc) is 3.26. The summed E-state index contributed by atoms with van der Waals surface area (Å²) in [4.78, 5) is 28.3. The maximum Gasteiger partial charge on any atom is 0.335 e. The lowest BCUT2D eigenvalue weighted by molar-refractivity contribution is -0.101. The van der Waals surface area contributed by atoms with Gasteiger partial charge in [0.1, 0.15) is 12.2 Å². The van der Waals surface area contributed by atoms with Gasteiger partial charge in [0.2, 0.25) is 0 Å². The maximum absolute atomic E-state index is 13.5. The van der Waals surface area contributed by atoms with Gasteiger partial charge in [-0.15, -0.1) is 0 Å². The standard InChI is InChI=1S/C31H57N3O10SSi3/c1-18(2)47(19(3)4)39-16-23(41-48(44-47,20(5)6)21(7)8)25-31(24(32)17-45(37,38)43-31)26(42-46(13,14)30(10,11)12)28(40-25)34-15-22(9)27(35)33-29(34)36/h15,17-21,23,25-26,28H,16,32H2,1-14H3,(H,33,35,36)/t23?,25?,26-,28+,31?/m0/s1. The molecule has 274 valence electrons. The minimum atomic E-state index is -4.32. The van der Waals surface area contributed by atoms with Gasteiger partial charge in [-0.3, -0.25) is 14.3 Å². The Morgan fingerprint density at radius 2 is 1.56 bits per heavy atom. The molecule has 1 aromatic rings. The summed E-state index contributed by atoms with van der Waals surface area (Å²) in [5.41, 5.74) is 3.72. The molecule has 3 unspecified atom stereocenters. The van der Waals surface area contributed by atoms with Crippen molar-refractivity contribution in [3.05, 3.63) is 43.7 Å². The molecule has 4 rings (SSSR count). The van der Waals surface area contributed by atoms with Crippen molar-refractivity contribution in [1.82, 2.24) is 9.55 Å². The molecule has 2 saturated heterocycles. The van der Waals surface area contributed by atoms with E-state index in [9.17, 15) is 18.0 Å². The van der Waals surface area contributed by atoms with Gasteiger partial charge in [0.25, 0.3) is 15.7 Å². The van der Waals surface area contributed by atoms with E-state index in [-0.39, 0.29) is 45.1 Å². The summed E-state index contributed by atoms with van der Waals surface area (Å²) in [5, 5.41) is 0.547. The number of nitrogens with zero attached hydrogens (tertiary/aromatic N) is 1. The van der Waals surface area contributed by atoms with E-state index in [4.69, 9.17) is 32.0 Å². The second-order valence-corrected chi connectivity index (χ2v) is 31.3. The fraction of sp³-hybridized carbons (Fsp3) is 0.806. The highest BCUT2D eigenvalue weighted by atomic mass is 32.2. The van der Waals surface area contributed by atoms with Crippen LogP contribution in [-0.2, 0) is 36.4 Å². The molecule has 0 radical (unpaired) electrons. The van der Waals surface area contributed by atoms with Crippen molar-refractivity contribution < 1.29 is 34.7 Å². The van der Waals surface area contributed by atoms with Crippen LogP contribution >= 0.6 is 0 Å². The molecule has 13 nitrogen and oxygen atoms in total. The van der Waals surface area contributed by atoms with Crippen LogP contribution in [0.3, 0.4) is 0 Å². The normalized spacial score (nSPS) is 30.5. The van der Waals surface area contributed by atoms with Gasteiger partial charge in [-0.05, 0) is 47.2 Å². The van der Waals surface area contributed by atoms with Crippen LogP contribution in [0.4, 0.5) is 0 Å². The first-order valence-corrected chi connectivity index (χ1v) is 25.2. The van der Waals surface area contributed by atoms with Crippen molar-refractivity contribution >= 4 is 35.6 Å². The molecule has 3 aliphatic rings. The molecule has 5 atom stereocenters. The van der Waals surface area contributed by atoms with Crippen molar-refractivity contribution in [2.75, 3.05) is 6.61 Å². The van der Waals surface area contributed by atoms with E-state index in [0.29, 0.717) is 0 Å². The molecule has 0 bridgehead atoms. The number of H-pyrrole nitrogens is 1. The first-order chi connectivity index (χ1) is 21.8. The Kier molecular flexibility index (Phi) is 10.6. The largest absolute Gasteiger partial charge is 0.414 e. The van der Waals surface area contributed by atoms with Crippen molar-refractivity contribution in [1.29, 1.82) is 0 Å². The highest BCUT2D eigenvalue weighted by Gasteiger charge is 2.71. The Bertz CT molecular complexity index is 1620. The van der Waals surface area contributed by atoms with E-state index in [1.165, 1.54) is 10.8 Å². The van der Waals surface area contributed by atoms with Gasteiger partial charge in [0, 0.05) is 11.8 Å². The third kappa shape index (κ3) is 6.45. The van der Waals surface area contributed by atoms with Gasteiger partial charge in [-0.25, -0.2) is 8.98 Å². The van der Waals surface area contributed by atoms with E-state index >= 15 is 0 Å². The molecule has 3 aliphatic heterocycles. The van der Waals surface area contributed by atoms with Crippen molar-refractivity contribution in [2.45, 2.75) is 154 Å². The first-order valence-electron chi connectivity index (χ1n) is 16.9. The van der Waals surface area contributed by atoms with Crippen LogP contribution in [0.1, 0.15) is 88.0 Å². The topological polar surface area (TPSA) is 170 Å². The average molecular weight is 748 g/mol. The van der Waals surface area contributed by atoms with Crippen LogP contribution in [0, 0.1) is 6.92 Å². The molecular weight excluding hydrogens is 691 g/mol. The molecule has 3 N–H and O–H groups in total. The van der Waals surface area contributed by atoms with Gasteiger partial charge >= 0.3 is 22.8 Å². The number of aromatic nitrogens is 2. The second-order valence-electron chi connectivity index (χ2n) is 16.3. The number of aromatic amines is 1. The molecule has 0 amide bonds. The zero-order valence-corrected chi connectivity index (χ0v) is 34.8. The van der Waals surface area contributed by atoms with E-state index in [2.05, 4.69) is 60.4 Å². The fourth-order valence-corrected chi connectivity index (χ4v) is 20.6. The van der Waals surface area contributed by atoms with E-state index in [0.717, 1.165) is 5.41 Å². The molecule has 0 aromatic carbocycles. The molecule has 0 aliphatic carbocycles. The Labute approximate surface area is 288 Å². The smallest absolute Gasteiger partial charge is 0.335 e. The molecule has 2 fully saturated rings. The monoisotopic (exact) mass is 747 g/mol. The lowest BCUT2D eigenvalue weighted by atomic mass is 9.86. The van der Waals surface area contributed by atoms with Gasteiger partial charge in [-0.1, -0.05) is 76.2 Å². The predicted octanol–water partition coefficient (Wildman–Crippen LogP) is 4.99. The number of nitrogens with two attached hydrogens (primary N) is 1. The van der Waals surface area contributed by atoms with E-state index < -0.39 is 76.9 Å². The summed E-state index contributed by atoms with van der Waals surface area (Å²) in [5.74, 6) is 0. The molecule has 0 saturated carbocycles. The Morgan fingerprint density at radius 1 is 1.02 bits per heavy atom. The third-order valence-electron chi connectivity index (χ3n) is 10.7. The molecule has 48 heavy (non-hydrogen) atoms. The molecular formula is C31H57N3O10SSi3. The van der Waals surface area contributed by atoms with Gasteiger partial charge in [-0.2, -0.15) is 8.42 Å².